The number of nitrogens with one attached hydrogen (secondary N) is 1. The average molecular weight is 589 g/mol. The highest BCUT2D eigenvalue weighted by Crippen LogP contribution is 2.41. The van der Waals surface area contributed by atoms with E-state index in [0.29, 0.717) is 33.0 Å². The van der Waals surface area contributed by atoms with Crippen LogP contribution in [0.2, 0.25) is 0 Å². The number of aromatic nitrogens is 4. The second kappa shape index (κ2) is 10.0. The molecule has 1 N–H and O–H groups in total. The highest BCUT2D eigenvalue weighted by atomic mass is 32.2. The van der Waals surface area contributed by atoms with Crippen molar-refractivity contribution in [2.24, 2.45) is 0 Å². The molecule has 0 fully saturated rings. The Labute approximate surface area is 238 Å². The summed E-state index contributed by atoms with van der Waals surface area (Å²) in [6.07, 6.45) is 3.98. The molecule has 6 aromatic rings. The Morgan fingerprint density at radius 1 is 1.02 bits per heavy atom. The van der Waals surface area contributed by atoms with Gasteiger partial charge in [-0.1, -0.05) is 6.07 Å². The topological polar surface area (TPSA) is 123 Å². The van der Waals surface area contributed by atoms with Crippen LogP contribution in [0, 0.1) is 11.6 Å². The molecule has 0 saturated carbocycles. The van der Waals surface area contributed by atoms with E-state index in [2.05, 4.69) is 20.6 Å². The highest BCUT2D eigenvalue weighted by molar-refractivity contribution is 7.92. The number of furan rings is 1. The van der Waals surface area contributed by atoms with Crippen LogP contribution in [0.25, 0.3) is 50.1 Å². The fraction of sp³-hybridized carbons (Fsp3) is 0.103. The first-order chi connectivity index (χ1) is 20.0. The molecule has 0 radical (unpaired) electrons. The van der Waals surface area contributed by atoms with Gasteiger partial charge in [-0.25, -0.2) is 21.9 Å². The lowest BCUT2D eigenvalue weighted by molar-refractivity contribution is 0.0964. The van der Waals surface area contributed by atoms with Crippen molar-refractivity contribution in [3.05, 3.63) is 90.3 Å². The summed E-state index contributed by atoms with van der Waals surface area (Å²) in [6.45, 7) is 0. The van der Waals surface area contributed by atoms with Crippen LogP contribution in [0.3, 0.4) is 0 Å². The molecule has 0 aliphatic carbocycles. The molecule has 0 aliphatic rings. The number of carbonyl (C=O) groups excluding carboxylic acids is 1. The summed E-state index contributed by atoms with van der Waals surface area (Å²) in [6, 6.07) is 14.8. The first kappa shape index (κ1) is 27.0. The highest BCUT2D eigenvalue weighted by Gasteiger charge is 2.26. The second-order valence-corrected chi connectivity index (χ2v) is 11.6. The third kappa shape index (κ3) is 4.63. The molecule has 3 heterocycles. The average Bonchev–Trinajstić information content (AvgIpc) is 3.58. The minimum Gasteiger partial charge on any atom is -0.455 e. The molecule has 0 spiro atoms. The number of amides is 1. The fourth-order valence-electron chi connectivity index (χ4n) is 4.70. The number of hydrogen-bond acceptors (Lipinski definition) is 7. The fourth-order valence-corrected chi connectivity index (χ4v) is 5.21. The van der Waals surface area contributed by atoms with Crippen LogP contribution in [0.5, 0.6) is 0 Å². The van der Waals surface area contributed by atoms with Crippen molar-refractivity contribution >= 4 is 43.5 Å². The van der Waals surface area contributed by atoms with E-state index < -0.39 is 27.6 Å². The Balaban J connectivity index is 1.60. The van der Waals surface area contributed by atoms with Crippen LogP contribution < -0.4 is 9.62 Å². The molecule has 0 aliphatic heterocycles. The number of anilines is 1. The summed E-state index contributed by atoms with van der Waals surface area (Å²) in [7, 11) is -0.884. The summed E-state index contributed by atoms with van der Waals surface area (Å²) in [5.41, 5.74) is 2.37. The van der Waals surface area contributed by atoms with E-state index in [1.165, 1.54) is 67.6 Å². The zero-order valence-electron chi connectivity index (χ0n) is 22.5. The van der Waals surface area contributed by atoms with Gasteiger partial charge in [0.05, 0.1) is 34.6 Å². The number of rotatable bonds is 6. The number of benzene rings is 3. The van der Waals surface area contributed by atoms with Crippen molar-refractivity contribution in [3.63, 3.8) is 0 Å². The first-order valence-electron chi connectivity index (χ1n) is 12.5. The maximum atomic E-state index is 14.3. The predicted molar refractivity (Wildman–Crippen MR) is 154 cm³/mol. The molecule has 13 heteroatoms. The Bertz CT molecular complexity index is 2120. The van der Waals surface area contributed by atoms with Gasteiger partial charge in [0.1, 0.15) is 23.0 Å². The van der Waals surface area contributed by atoms with Crippen molar-refractivity contribution in [2.45, 2.75) is 0 Å². The monoisotopic (exact) mass is 588 g/mol. The Kier molecular flexibility index (Phi) is 6.45. The number of carbonyl (C=O) groups is 1. The van der Waals surface area contributed by atoms with Crippen LogP contribution in [-0.2, 0) is 10.0 Å². The van der Waals surface area contributed by atoms with Gasteiger partial charge in [0.15, 0.2) is 5.82 Å². The van der Waals surface area contributed by atoms with Gasteiger partial charge in [0.25, 0.3) is 5.91 Å². The van der Waals surface area contributed by atoms with Gasteiger partial charge in [-0.2, -0.15) is 10.2 Å². The van der Waals surface area contributed by atoms with Gasteiger partial charge < -0.3 is 9.73 Å². The maximum absolute atomic E-state index is 14.3. The lowest BCUT2D eigenvalue weighted by Crippen LogP contribution is -2.25. The number of fused-ring (bicyclic) bond motifs is 2. The number of sulfonamides is 1. The molecule has 0 bridgehead atoms. The van der Waals surface area contributed by atoms with Gasteiger partial charge in [-0.05, 0) is 48.5 Å². The third-order valence-corrected chi connectivity index (χ3v) is 8.08. The van der Waals surface area contributed by atoms with Crippen molar-refractivity contribution in [3.8, 4) is 28.3 Å². The normalized spacial score (nSPS) is 11.7. The molecular formula is C29H22F2N6O4S. The number of halogens is 2. The largest absolute Gasteiger partial charge is 0.455 e. The van der Waals surface area contributed by atoms with Gasteiger partial charge in [0.2, 0.25) is 10.0 Å². The third-order valence-electron chi connectivity index (χ3n) is 6.89. The van der Waals surface area contributed by atoms with E-state index in [1.807, 2.05) is 0 Å². The Morgan fingerprint density at radius 2 is 1.79 bits per heavy atom. The molecule has 10 nitrogen and oxygen atoms in total. The molecule has 1 amide bonds. The molecular weight excluding hydrogens is 566 g/mol. The van der Waals surface area contributed by atoms with Crippen LogP contribution in [0.1, 0.15) is 10.4 Å². The van der Waals surface area contributed by atoms with E-state index in [0.717, 1.165) is 10.6 Å². The number of nitrogens with zero attached hydrogens (tertiary/aromatic N) is 5. The molecule has 0 unspecified atom stereocenters. The standard InChI is InChI=1S/C29H22F2N6O4S/c1-32-29(38)27-20-12-19(17-11-26(34-33-14-17)37-15-21-22(31)5-4-6-23(21)35-37)24(36(2)42(3,39)40)13-25(20)41-28(27)16-7-9-18(30)10-8-16/h4-15H,1-3H3,(H,32,38). The van der Waals surface area contributed by atoms with E-state index in [4.69, 9.17) is 4.42 Å². The van der Waals surface area contributed by atoms with Crippen molar-refractivity contribution < 1.29 is 26.4 Å². The first-order valence-corrected chi connectivity index (χ1v) is 14.4. The van der Waals surface area contributed by atoms with Crippen LogP contribution in [0.15, 0.2) is 77.5 Å². The van der Waals surface area contributed by atoms with E-state index in [9.17, 15) is 22.0 Å². The van der Waals surface area contributed by atoms with E-state index in [-0.39, 0.29) is 28.4 Å². The molecule has 0 atom stereocenters. The molecule has 0 saturated heterocycles. The molecule has 3 aromatic carbocycles. The summed E-state index contributed by atoms with van der Waals surface area (Å²) in [4.78, 5) is 13.1. The zero-order chi connectivity index (χ0) is 29.8. The van der Waals surface area contributed by atoms with Crippen LogP contribution >= 0.6 is 0 Å². The molecule has 212 valence electrons. The molecule has 42 heavy (non-hydrogen) atoms. The quantitative estimate of drug-likeness (QED) is 0.293. The van der Waals surface area contributed by atoms with Gasteiger partial charge in [-0.15, -0.1) is 5.10 Å². The van der Waals surface area contributed by atoms with Crippen molar-refractivity contribution in [2.75, 3.05) is 24.7 Å². The number of hydrogen-bond donors (Lipinski definition) is 1. The smallest absolute Gasteiger partial charge is 0.255 e. The molecule has 3 aromatic heterocycles. The Hall–Kier alpha value is -5.17. The zero-order valence-corrected chi connectivity index (χ0v) is 23.3. The van der Waals surface area contributed by atoms with E-state index in [1.54, 1.807) is 24.3 Å². The SMILES string of the molecule is CNC(=O)c1c(-c2ccc(F)cc2)oc2cc(N(C)S(C)(=O)=O)c(-c3cnnc(-n4cc5c(F)cccc5n4)c3)cc12. The van der Waals surface area contributed by atoms with Gasteiger partial charge in [0, 0.05) is 48.4 Å². The second-order valence-electron chi connectivity index (χ2n) is 9.54. The summed E-state index contributed by atoms with van der Waals surface area (Å²) in [5.74, 6) is -0.911. The Morgan fingerprint density at radius 3 is 2.48 bits per heavy atom. The maximum Gasteiger partial charge on any atom is 0.255 e. The summed E-state index contributed by atoms with van der Waals surface area (Å²) >= 11 is 0. The summed E-state index contributed by atoms with van der Waals surface area (Å²) in [5, 5.41) is 15.9. The minimum absolute atomic E-state index is 0.185. The van der Waals surface area contributed by atoms with Gasteiger partial charge in [-0.3, -0.25) is 9.10 Å². The summed E-state index contributed by atoms with van der Waals surface area (Å²) < 4.78 is 61.9. The lowest BCUT2D eigenvalue weighted by Gasteiger charge is -2.20. The van der Waals surface area contributed by atoms with Crippen molar-refractivity contribution in [1.29, 1.82) is 0 Å². The van der Waals surface area contributed by atoms with Gasteiger partial charge >= 0.3 is 0 Å². The minimum atomic E-state index is -3.75. The lowest BCUT2D eigenvalue weighted by atomic mass is 9.99. The predicted octanol–water partition coefficient (Wildman–Crippen LogP) is 4.93. The van der Waals surface area contributed by atoms with E-state index >= 15 is 0 Å². The van der Waals surface area contributed by atoms with Crippen LogP contribution in [0.4, 0.5) is 14.5 Å². The molecule has 6 rings (SSSR count). The van der Waals surface area contributed by atoms with Crippen LogP contribution in [-0.4, -0.2) is 54.7 Å². The van der Waals surface area contributed by atoms with Crippen molar-refractivity contribution in [1.82, 2.24) is 25.3 Å².